The van der Waals surface area contributed by atoms with E-state index in [0.717, 1.165) is 5.56 Å². The molecule has 1 atom stereocenters. The van der Waals surface area contributed by atoms with E-state index >= 15 is 0 Å². The molecule has 10 heteroatoms. The van der Waals surface area contributed by atoms with Gasteiger partial charge in [0.2, 0.25) is 11.8 Å². The van der Waals surface area contributed by atoms with Gasteiger partial charge in [-0.1, -0.05) is 0 Å². The van der Waals surface area contributed by atoms with Gasteiger partial charge in [0.1, 0.15) is 0 Å². The third kappa shape index (κ3) is 4.38. The van der Waals surface area contributed by atoms with Crippen molar-refractivity contribution in [3.63, 3.8) is 0 Å². The number of hydrogen-bond donors (Lipinski definition) is 1. The Bertz CT molecular complexity index is 1020. The lowest BCUT2D eigenvalue weighted by Crippen LogP contribution is -2.20. The summed E-state index contributed by atoms with van der Waals surface area (Å²) in [5.41, 5.74) is 7.69. The number of rotatable bonds is 6. The third-order valence-corrected chi connectivity index (χ3v) is 4.18. The van der Waals surface area contributed by atoms with Gasteiger partial charge in [0.25, 0.3) is 0 Å². The smallest absolute Gasteiger partial charge is 0.422 e. The Morgan fingerprint density at radius 3 is 2.75 bits per heavy atom. The fraction of sp³-hybridized carbons (Fsp3) is 0.333. The maximum atomic E-state index is 12.3. The van der Waals surface area contributed by atoms with Gasteiger partial charge in [0.15, 0.2) is 6.61 Å². The van der Waals surface area contributed by atoms with Gasteiger partial charge in [-0.2, -0.15) is 18.3 Å². The molecule has 3 rings (SSSR count). The van der Waals surface area contributed by atoms with Crippen molar-refractivity contribution in [1.82, 2.24) is 19.7 Å². The van der Waals surface area contributed by atoms with E-state index in [-0.39, 0.29) is 18.3 Å². The van der Waals surface area contributed by atoms with Gasteiger partial charge in [-0.05, 0) is 31.5 Å². The molecule has 2 N–H and O–H groups in total. The van der Waals surface area contributed by atoms with E-state index in [2.05, 4.69) is 15.1 Å². The molecule has 0 radical (unpaired) electrons. The predicted octanol–water partition coefficient (Wildman–Crippen LogP) is 2.71. The van der Waals surface area contributed by atoms with E-state index < -0.39 is 18.7 Å². The van der Waals surface area contributed by atoms with Crippen LogP contribution in [0, 0.1) is 6.92 Å². The number of carbonyl (C=O) groups is 1. The van der Waals surface area contributed by atoms with E-state index in [9.17, 15) is 18.0 Å². The first-order chi connectivity index (χ1) is 13.1. The summed E-state index contributed by atoms with van der Waals surface area (Å²) in [5, 5.41) is 5.21. The third-order valence-electron chi connectivity index (χ3n) is 4.18. The summed E-state index contributed by atoms with van der Waals surface area (Å²) in [7, 11) is 0. The molecule has 0 aliphatic rings. The van der Waals surface area contributed by atoms with Crippen LogP contribution in [-0.2, 0) is 11.2 Å². The number of nitrogens with two attached hydrogens (primary N) is 1. The lowest BCUT2D eigenvalue weighted by molar-refractivity contribution is -0.154. The van der Waals surface area contributed by atoms with Gasteiger partial charge in [-0.15, -0.1) is 0 Å². The molecule has 1 unspecified atom stereocenters. The Kier molecular flexibility index (Phi) is 5.21. The van der Waals surface area contributed by atoms with Crippen LogP contribution in [0.4, 0.5) is 13.2 Å². The van der Waals surface area contributed by atoms with Crippen LogP contribution in [0.5, 0.6) is 5.88 Å². The van der Waals surface area contributed by atoms with Gasteiger partial charge in [-0.3, -0.25) is 14.5 Å². The molecule has 0 saturated heterocycles. The summed E-state index contributed by atoms with van der Waals surface area (Å²) in [6.07, 6.45) is 0.350. The summed E-state index contributed by atoms with van der Waals surface area (Å²) >= 11 is 0. The number of nitrogens with zero attached hydrogens (tertiary/aromatic N) is 4. The molecular weight excluding hydrogens is 375 g/mol. The topological polar surface area (TPSA) is 95.9 Å². The van der Waals surface area contributed by atoms with Crippen LogP contribution in [0.25, 0.3) is 10.9 Å². The quantitative estimate of drug-likeness (QED) is 0.695. The number of hydrogen-bond acceptors (Lipinski definition) is 5. The van der Waals surface area contributed by atoms with Crippen LogP contribution in [-0.4, -0.2) is 38.4 Å². The van der Waals surface area contributed by atoms with E-state index in [0.29, 0.717) is 22.2 Å². The maximum Gasteiger partial charge on any atom is 0.422 e. The van der Waals surface area contributed by atoms with E-state index in [1.54, 1.807) is 36.1 Å². The molecule has 0 bridgehead atoms. The summed E-state index contributed by atoms with van der Waals surface area (Å²) in [5.74, 6) is -0.554. The minimum Gasteiger partial charge on any atom is -0.468 e. The second-order valence-corrected chi connectivity index (χ2v) is 6.41. The molecular formula is C18H18F3N5O2. The highest BCUT2D eigenvalue weighted by molar-refractivity contribution is 5.85. The molecule has 7 nitrogen and oxygen atoms in total. The lowest BCUT2D eigenvalue weighted by atomic mass is 10.1. The molecule has 0 aliphatic carbocycles. The minimum absolute atomic E-state index is 0.00329. The summed E-state index contributed by atoms with van der Waals surface area (Å²) in [6, 6.07) is 3.18. The lowest BCUT2D eigenvalue weighted by Gasteiger charge is -2.15. The summed E-state index contributed by atoms with van der Waals surface area (Å²) < 4.78 is 43.4. The summed E-state index contributed by atoms with van der Waals surface area (Å²) in [6.45, 7) is 2.11. The highest BCUT2D eigenvalue weighted by Gasteiger charge is 2.29. The SMILES string of the molecule is Cc1cc(C(C)n2cc3c(CC(N)=O)nccc3n2)cnc1OCC(F)(F)F. The number of aromatic nitrogens is 4. The van der Waals surface area contributed by atoms with Crippen LogP contribution in [0.1, 0.15) is 29.8 Å². The normalized spacial score (nSPS) is 12.9. The van der Waals surface area contributed by atoms with Crippen molar-refractivity contribution in [3.05, 3.63) is 47.5 Å². The average Bonchev–Trinajstić information content (AvgIpc) is 3.04. The van der Waals surface area contributed by atoms with Gasteiger partial charge < -0.3 is 10.5 Å². The Balaban J connectivity index is 1.86. The second-order valence-electron chi connectivity index (χ2n) is 6.41. The fourth-order valence-electron chi connectivity index (χ4n) is 2.79. The van der Waals surface area contributed by atoms with Crippen LogP contribution in [0.2, 0.25) is 0 Å². The van der Waals surface area contributed by atoms with Crippen LogP contribution < -0.4 is 10.5 Å². The van der Waals surface area contributed by atoms with E-state index in [1.165, 1.54) is 6.20 Å². The highest BCUT2D eigenvalue weighted by Crippen LogP contribution is 2.26. The maximum absolute atomic E-state index is 12.3. The van der Waals surface area contributed by atoms with Crippen molar-refractivity contribution in [3.8, 4) is 5.88 Å². The zero-order chi connectivity index (χ0) is 20.5. The van der Waals surface area contributed by atoms with Gasteiger partial charge >= 0.3 is 6.18 Å². The second kappa shape index (κ2) is 7.45. The van der Waals surface area contributed by atoms with Gasteiger partial charge in [0, 0.05) is 29.5 Å². The number of alkyl halides is 3. The molecule has 3 aromatic heterocycles. The molecule has 0 aromatic carbocycles. The molecule has 3 aromatic rings. The number of primary amides is 1. The Morgan fingerprint density at radius 2 is 2.11 bits per heavy atom. The highest BCUT2D eigenvalue weighted by atomic mass is 19.4. The number of fused-ring (bicyclic) bond motifs is 1. The predicted molar refractivity (Wildman–Crippen MR) is 94.8 cm³/mol. The average molecular weight is 393 g/mol. The molecule has 28 heavy (non-hydrogen) atoms. The molecule has 0 spiro atoms. The Labute approximate surface area is 158 Å². The van der Waals surface area contributed by atoms with Gasteiger partial charge in [0.05, 0.1) is 23.7 Å². The minimum atomic E-state index is -4.42. The van der Waals surface area contributed by atoms with Crippen LogP contribution >= 0.6 is 0 Å². The van der Waals surface area contributed by atoms with Crippen molar-refractivity contribution in [2.45, 2.75) is 32.5 Å². The molecule has 0 saturated carbocycles. The van der Waals surface area contributed by atoms with Crippen molar-refractivity contribution >= 4 is 16.8 Å². The largest absolute Gasteiger partial charge is 0.468 e. The summed E-state index contributed by atoms with van der Waals surface area (Å²) in [4.78, 5) is 19.4. The number of amides is 1. The zero-order valence-electron chi connectivity index (χ0n) is 15.2. The van der Waals surface area contributed by atoms with E-state index in [4.69, 9.17) is 10.5 Å². The standard InChI is InChI=1S/C18H18F3N5O2/c1-10-5-12(7-24-17(10)28-9-18(19,20)21)11(2)26-8-13-14(25-26)3-4-23-15(13)6-16(22)27/h3-5,7-8,11H,6,9H2,1-2H3,(H2,22,27). The number of carbonyl (C=O) groups excluding carboxylic acids is 1. The van der Waals surface area contributed by atoms with Gasteiger partial charge in [-0.25, -0.2) is 4.98 Å². The van der Waals surface area contributed by atoms with Crippen LogP contribution in [0.15, 0.2) is 30.7 Å². The molecule has 0 aliphatic heterocycles. The fourth-order valence-corrected chi connectivity index (χ4v) is 2.79. The molecule has 1 amide bonds. The van der Waals surface area contributed by atoms with E-state index in [1.807, 2.05) is 6.92 Å². The first-order valence-electron chi connectivity index (χ1n) is 8.41. The Hall–Kier alpha value is -3.17. The number of halogens is 3. The van der Waals surface area contributed by atoms with Crippen molar-refractivity contribution < 1.29 is 22.7 Å². The zero-order valence-corrected chi connectivity index (χ0v) is 15.2. The molecule has 148 valence electrons. The van der Waals surface area contributed by atoms with Crippen molar-refractivity contribution in [2.24, 2.45) is 5.73 Å². The first kappa shape index (κ1) is 19.6. The molecule has 3 heterocycles. The monoisotopic (exact) mass is 393 g/mol. The van der Waals surface area contributed by atoms with Crippen molar-refractivity contribution in [1.29, 1.82) is 0 Å². The molecule has 0 fully saturated rings. The number of ether oxygens (including phenoxy) is 1. The first-order valence-corrected chi connectivity index (χ1v) is 8.41. The number of pyridine rings is 2. The van der Waals surface area contributed by atoms with Crippen molar-refractivity contribution in [2.75, 3.05) is 6.61 Å². The number of aryl methyl sites for hydroxylation is 1. The van der Waals surface area contributed by atoms with Crippen LogP contribution in [0.3, 0.4) is 0 Å². The Morgan fingerprint density at radius 1 is 1.36 bits per heavy atom.